The average molecular weight is 169 g/mol. The first-order chi connectivity index (χ1) is 5.65. The summed E-state index contributed by atoms with van der Waals surface area (Å²) < 4.78 is 0. The zero-order valence-electron chi connectivity index (χ0n) is 8.72. The van der Waals surface area contributed by atoms with Gasteiger partial charge in [0.1, 0.15) is 0 Å². The molecule has 0 aromatic rings. The molecule has 0 saturated heterocycles. The molecule has 1 aliphatic rings. The minimum absolute atomic E-state index is 0.800. The van der Waals surface area contributed by atoms with E-state index in [9.17, 15) is 0 Å². The Hall–Kier alpha value is -0.0400. The molecular weight excluding hydrogens is 146 g/mol. The fourth-order valence-corrected chi connectivity index (χ4v) is 2.67. The van der Waals surface area contributed by atoms with Crippen LogP contribution in [0.5, 0.6) is 0 Å². The number of nitrogens with two attached hydrogens (primary N) is 1. The zero-order chi connectivity index (χ0) is 9.14. The molecule has 3 atom stereocenters. The first-order valence-corrected chi connectivity index (χ1v) is 5.35. The van der Waals surface area contributed by atoms with Gasteiger partial charge in [-0.15, -0.1) is 0 Å². The quantitative estimate of drug-likeness (QED) is 0.675. The Morgan fingerprint density at radius 3 is 2.50 bits per heavy atom. The van der Waals surface area contributed by atoms with E-state index in [0.29, 0.717) is 0 Å². The molecule has 0 radical (unpaired) electrons. The Labute approximate surface area is 76.7 Å². The lowest BCUT2D eigenvalue weighted by Gasteiger charge is -2.36. The van der Waals surface area contributed by atoms with Gasteiger partial charge in [-0.3, -0.25) is 0 Å². The Morgan fingerprint density at radius 1 is 1.33 bits per heavy atom. The summed E-state index contributed by atoms with van der Waals surface area (Å²) in [6, 6.07) is 0. The molecule has 0 unspecified atom stereocenters. The van der Waals surface area contributed by atoms with Crippen molar-refractivity contribution < 1.29 is 0 Å². The van der Waals surface area contributed by atoms with Crippen LogP contribution in [0.3, 0.4) is 0 Å². The van der Waals surface area contributed by atoms with Gasteiger partial charge in [-0.05, 0) is 43.1 Å². The molecule has 12 heavy (non-hydrogen) atoms. The molecule has 1 saturated carbocycles. The van der Waals surface area contributed by atoms with Crippen LogP contribution < -0.4 is 5.73 Å². The molecule has 1 heteroatoms. The van der Waals surface area contributed by atoms with Crippen LogP contribution in [0.15, 0.2) is 0 Å². The molecule has 0 amide bonds. The molecule has 72 valence electrons. The zero-order valence-corrected chi connectivity index (χ0v) is 8.72. The topological polar surface area (TPSA) is 26.0 Å². The van der Waals surface area contributed by atoms with Crippen LogP contribution in [0.25, 0.3) is 0 Å². The van der Waals surface area contributed by atoms with E-state index in [2.05, 4.69) is 20.8 Å². The molecule has 1 fully saturated rings. The van der Waals surface area contributed by atoms with Crippen LogP contribution in [0.1, 0.15) is 40.0 Å². The Bertz CT molecular complexity index is 131. The minimum Gasteiger partial charge on any atom is -0.330 e. The second-order valence-electron chi connectivity index (χ2n) is 4.82. The monoisotopic (exact) mass is 169 g/mol. The highest BCUT2D eigenvalue weighted by Crippen LogP contribution is 2.37. The normalized spacial score (nSPS) is 37.2. The third kappa shape index (κ3) is 2.22. The molecule has 1 nitrogen and oxygen atoms in total. The highest BCUT2D eigenvalue weighted by molar-refractivity contribution is 4.80. The number of hydrogen-bond donors (Lipinski definition) is 1. The maximum Gasteiger partial charge on any atom is -0.00460 e. The lowest BCUT2D eigenvalue weighted by molar-refractivity contribution is 0.150. The van der Waals surface area contributed by atoms with Gasteiger partial charge in [0.05, 0.1) is 0 Å². The maximum absolute atomic E-state index is 5.79. The van der Waals surface area contributed by atoms with E-state index < -0.39 is 0 Å². The van der Waals surface area contributed by atoms with Crippen molar-refractivity contribution >= 4 is 0 Å². The van der Waals surface area contributed by atoms with Gasteiger partial charge in [-0.2, -0.15) is 0 Å². The molecule has 0 aliphatic heterocycles. The third-order valence-corrected chi connectivity index (χ3v) is 3.46. The molecule has 1 aliphatic carbocycles. The molecule has 0 heterocycles. The van der Waals surface area contributed by atoms with Gasteiger partial charge in [-0.1, -0.05) is 27.2 Å². The van der Waals surface area contributed by atoms with Crippen molar-refractivity contribution in [1.82, 2.24) is 0 Å². The molecule has 1 rings (SSSR count). The summed E-state index contributed by atoms with van der Waals surface area (Å²) in [7, 11) is 0. The lowest BCUT2D eigenvalue weighted by Crippen LogP contribution is -2.32. The van der Waals surface area contributed by atoms with E-state index in [4.69, 9.17) is 5.73 Å². The average Bonchev–Trinajstić information content (AvgIpc) is 2.03. The third-order valence-electron chi connectivity index (χ3n) is 3.46. The lowest BCUT2D eigenvalue weighted by atomic mass is 9.70. The minimum atomic E-state index is 0.800. The van der Waals surface area contributed by atoms with Crippen molar-refractivity contribution in [3.8, 4) is 0 Å². The van der Waals surface area contributed by atoms with Crippen LogP contribution >= 0.6 is 0 Å². The summed E-state index contributed by atoms with van der Waals surface area (Å²) in [4.78, 5) is 0. The van der Waals surface area contributed by atoms with Gasteiger partial charge in [0.25, 0.3) is 0 Å². The summed E-state index contributed by atoms with van der Waals surface area (Å²) in [6.45, 7) is 7.93. The fraction of sp³-hybridized carbons (Fsp3) is 1.00. The number of rotatable bonds is 2. The van der Waals surface area contributed by atoms with E-state index in [-0.39, 0.29) is 0 Å². The largest absolute Gasteiger partial charge is 0.330 e. The second-order valence-corrected chi connectivity index (χ2v) is 4.82. The Morgan fingerprint density at radius 2 is 2.00 bits per heavy atom. The predicted octanol–water partition coefficient (Wildman–Crippen LogP) is 2.65. The van der Waals surface area contributed by atoms with Gasteiger partial charge in [-0.25, -0.2) is 0 Å². The smallest absolute Gasteiger partial charge is 0.00460 e. The van der Waals surface area contributed by atoms with Crippen LogP contribution in [-0.2, 0) is 0 Å². The summed E-state index contributed by atoms with van der Waals surface area (Å²) in [5, 5.41) is 0. The molecule has 0 bridgehead atoms. The summed E-state index contributed by atoms with van der Waals surface area (Å²) >= 11 is 0. The summed E-state index contributed by atoms with van der Waals surface area (Å²) in [5.41, 5.74) is 5.79. The highest BCUT2D eigenvalue weighted by atomic mass is 14.6. The summed E-state index contributed by atoms with van der Waals surface area (Å²) in [5.74, 6) is 3.43. The van der Waals surface area contributed by atoms with Crippen LogP contribution in [-0.4, -0.2) is 6.54 Å². The first-order valence-electron chi connectivity index (χ1n) is 5.35. The van der Waals surface area contributed by atoms with Crippen LogP contribution in [0.2, 0.25) is 0 Å². The van der Waals surface area contributed by atoms with Crippen molar-refractivity contribution in [2.24, 2.45) is 29.4 Å². The van der Waals surface area contributed by atoms with Gasteiger partial charge in [0.2, 0.25) is 0 Å². The van der Waals surface area contributed by atoms with Gasteiger partial charge in [0.15, 0.2) is 0 Å². The van der Waals surface area contributed by atoms with Crippen molar-refractivity contribution in [1.29, 1.82) is 0 Å². The highest BCUT2D eigenvalue weighted by Gasteiger charge is 2.29. The van der Waals surface area contributed by atoms with Gasteiger partial charge < -0.3 is 5.73 Å². The summed E-state index contributed by atoms with van der Waals surface area (Å²) in [6.07, 6.45) is 4.18. The standard InChI is InChI=1S/C11H23N/c1-8(2)11-5-4-9(3)6-10(11)7-12/h8-11H,4-7,12H2,1-3H3/t9-,10-,11-/m1/s1. The van der Waals surface area contributed by atoms with E-state index in [1.807, 2.05) is 0 Å². The molecule has 0 aromatic heterocycles. The molecule has 2 N–H and O–H groups in total. The fourth-order valence-electron chi connectivity index (χ4n) is 2.67. The molecule has 0 aromatic carbocycles. The van der Waals surface area contributed by atoms with E-state index in [1.165, 1.54) is 19.3 Å². The molecular formula is C11H23N. The molecule has 0 spiro atoms. The first kappa shape index (κ1) is 10.0. The van der Waals surface area contributed by atoms with Crippen molar-refractivity contribution in [2.75, 3.05) is 6.54 Å². The second kappa shape index (κ2) is 4.27. The van der Waals surface area contributed by atoms with Crippen LogP contribution in [0, 0.1) is 23.7 Å². The predicted molar refractivity (Wildman–Crippen MR) is 53.9 cm³/mol. The Balaban J connectivity index is 2.50. The van der Waals surface area contributed by atoms with Gasteiger partial charge in [0, 0.05) is 0 Å². The van der Waals surface area contributed by atoms with Crippen molar-refractivity contribution in [2.45, 2.75) is 40.0 Å². The van der Waals surface area contributed by atoms with Crippen molar-refractivity contribution in [3.63, 3.8) is 0 Å². The van der Waals surface area contributed by atoms with E-state index in [1.54, 1.807) is 0 Å². The van der Waals surface area contributed by atoms with E-state index >= 15 is 0 Å². The maximum atomic E-state index is 5.79. The Kier molecular flexibility index (Phi) is 3.57. The number of hydrogen-bond acceptors (Lipinski definition) is 1. The van der Waals surface area contributed by atoms with Crippen molar-refractivity contribution in [3.05, 3.63) is 0 Å². The van der Waals surface area contributed by atoms with E-state index in [0.717, 1.165) is 30.2 Å². The van der Waals surface area contributed by atoms with Gasteiger partial charge >= 0.3 is 0 Å². The van der Waals surface area contributed by atoms with Crippen LogP contribution in [0.4, 0.5) is 0 Å². The SMILES string of the molecule is CC(C)[C@H]1CC[C@@H](C)C[C@@H]1CN.